The highest BCUT2D eigenvalue weighted by Crippen LogP contribution is 2.35. The lowest BCUT2D eigenvalue weighted by molar-refractivity contribution is -0.119. The number of carbonyl (C=O) groups excluding carboxylic acids is 1. The molecule has 0 amide bonds. The van der Waals surface area contributed by atoms with Gasteiger partial charge in [0.05, 0.1) is 6.61 Å². The van der Waals surface area contributed by atoms with Crippen LogP contribution in [0.3, 0.4) is 0 Å². The molecule has 1 aliphatic heterocycles. The summed E-state index contributed by atoms with van der Waals surface area (Å²) in [4.78, 5) is 11.8. The molecule has 0 bridgehead atoms. The molecule has 2 N–H and O–H groups in total. The van der Waals surface area contributed by atoms with Crippen LogP contribution in [0.2, 0.25) is 0 Å². The molecule has 0 aromatic heterocycles. The molecule has 2 atom stereocenters. The van der Waals surface area contributed by atoms with Gasteiger partial charge in [-0.3, -0.25) is 4.79 Å². The summed E-state index contributed by atoms with van der Waals surface area (Å²) in [5.41, 5.74) is 6.81. The molecule has 3 nitrogen and oxygen atoms in total. The quantitative estimate of drug-likeness (QED) is 0.867. The number of hydrogen-bond donors (Lipinski definition) is 1. The summed E-state index contributed by atoms with van der Waals surface area (Å²) < 4.78 is 5.58. The lowest BCUT2D eigenvalue weighted by atomic mass is 9.88. The van der Waals surface area contributed by atoms with Crippen molar-refractivity contribution in [3.8, 4) is 5.75 Å². The monoisotopic (exact) mass is 233 g/mol. The zero-order valence-corrected chi connectivity index (χ0v) is 10.2. The second-order valence-corrected chi connectivity index (χ2v) is 4.80. The predicted octanol–water partition coefficient (Wildman–Crippen LogP) is 2.25. The smallest absolute Gasteiger partial charge is 0.135 e. The molecule has 0 saturated heterocycles. The Balaban J connectivity index is 2.06. The maximum absolute atomic E-state index is 11.8. The van der Waals surface area contributed by atoms with Crippen molar-refractivity contribution < 1.29 is 9.53 Å². The first-order valence-electron chi connectivity index (χ1n) is 6.16. The maximum atomic E-state index is 11.8. The summed E-state index contributed by atoms with van der Waals surface area (Å²) in [6, 6.07) is 7.94. The molecule has 1 aromatic carbocycles. The summed E-state index contributed by atoms with van der Waals surface area (Å²) in [5, 5.41) is 0. The first-order valence-corrected chi connectivity index (χ1v) is 6.16. The number of benzene rings is 1. The summed E-state index contributed by atoms with van der Waals surface area (Å²) in [6.45, 7) is 2.57. The van der Waals surface area contributed by atoms with Gasteiger partial charge in [0.25, 0.3) is 0 Å². The molecule has 0 radical (unpaired) electrons. The Hall–Kier alpha value is -1.35. The first kappa shape index (κ1) is 12.1. The zero-order valence-electron chi connectivity index (χ0n) is 10.2. The van der Waals surface area contributed by atoms with Gasteiger partial charge >= 0.3 is 0 Å². The largest absolute Gasteiger partial charge is 0.493 e. The third-order valence-corrected chi connectivity index (χ3v) is 3.11. The molecule has 2 rings (SSSR count). The molecule has 17 heavy (non-hydrogen) atoms. The van der Waals surface area contributed by atoms with Crippen molar-refractivity contribution in [2.75, 3.05) is 6.61 Å². The highest BCUT2D eigenvalue weighted by atomic mass is 16.5. The molecule has 1 aromatic rings. The van der Waals surface area contributed by atoms with Crippen LogP contribution in [0, 0.1) is 0 Å². The molecule has 3 heteroatoms. The van der Waals surface area contributed by atoms with Crippen LogP contribution >= 0.6 is 0 Å². The van der Waals surface area contributed by atoms with E-state index in [1.54, 1.807) is 0 Å². The molecule has 0 fully saturated rings. The number of para-hydroxylation sites is 1. The van der Waals surface area contributed by atoms with Crippen molar-refractivity contribution in [3.05, 3.63) is 29.8 Å². The SMILES string of the molecule is CC(N)CC(=O)CC1CCOc2ccccc21. The van der Waals surface area contributed by atoms with Gasteiger partial charge in [-0.05, 0) is 30.9 Å². The number of Topliss-reactive ketones (excluding diaryl/α,β-unsaturated/α-hetero) is 1. The van der Waals surface area contributed by atoms with Gasteiger partial charge in [0.1, 0.15) is 11.5 Å². The van der Waals surface area contributed by atoms with E-state index in [2.05, 4.69) is 6.07 Å². The Kier molecular flexibility index (Phi) is 3.79. The van der Waals surface area contributed by atoms with Crippen molar-refractivity contribution >= 4 is 5.78 Å². The highest BCUT2D eigenvalue weighted by Gasteiger charge is 2.23. The number of fused-ring (bicyclic) bond motifs is 1. The normalized spacial score (nSPS) is 20.2. The lowest BCUT2D eigenvalue weighted by Gasteiger charge is -2.25. The Bertz CT molecular complexity index is 401. The van der Waals surface area contributed by atoms with E-state index in [4.69, 9.17) is 10.5 Å². The van der Waals surface area contributed by atoms with Gasteiger partial charge in [0.2, 0.25) is 0 Å². The second-order valence-electron chi connectivity index (χ2n) is 4.80. The summed E-state index contributed by atoms with van der Waals surface area (Å²) in [6.07, 6.45) is 1.98. The van der Waals surface area contributed by atoms with E-state index in [0.717, 1.165) is 17.7 Å². The van der Waals surface area contributed by atoms with E-state index in [0.29, 0.717) is 25.4 Å². The lowest BCUT2D eigenvalue weighted by Crippen LogP contribution is -2.22. The van der Waals surface area contributed by atoms with Crippen molar-refractivity contribution in [2.24, 2.45) is 5.73 Å². The van der Waals surface area contributed by atoms with E-state index >= 15 is 0 Å². The molecule has 1 heterocycles. The second kappa shape index (κ2) is 5.32. The minimum atomic E-state index is -0.0439. The Morgan fingerprint density at radius 2 is 2.29 bits per heavy atom. The Labute approximate surface area is 102 Å². The molecular formula is C14H19NO2. The average molecular weight is 233 g/mol. The fourth-order valence-corrected chi connectivity index (χ4v) is 2.35. The van der Waals surface area contributed by atoms with Crippen molar-refractivity contribution in [3.63, 3.8) is 0 Å². The third kappa shape index (κ3) is 3.07. The Morgan fingerprint density at radius 3 is 3.06 bits per heavy atom. The van der Waals surface area contributed by atoms with Gasteiger partial charge in [-0.15, -0.1) is 0 Å². The molecule has 0 saturated carbocycles. The van der Waals surface area contributed by atoms with Crippen LogP contribution in [0.25, 0.3) is 0 Å². The van der Waals surface area contributed by atoms with Crippen LogP contribution in [0.1, 0.15) is 37.7 Å². The van der Waals surface area contributed by atoms with Crippen molar-refractivity contribution in [2.45, 2.75) is 38.1 Å². The van der Waals surface area contributed by atoms with Gasteiger partial charge in [-0.1, -0.05) is 18.2 Å². The van der Waals surface area contributed by atoms with Crippen LogP contribution in [0.5, 0.6) is 5.75 Å². The third-order valence-electron chi connectivity index (χ3n) is 3.11. The van der Waals surface area contributed by atoms with E-state index < -0.39 is 0 Å². The number of hydrogen-bond acceptors (Lipinski definition) is 3. The molecule has 0 spiro atoms. The van der Waals surface area contributed by atoms with E-state index in [9.17, 15) is 4.79 Å². The van der Waals surface area contributed by atoms with Crippen LogP contribution < -0.4 is 10.5 Å². The van der Waals surface area contributed by atoms with Crippen LogP contribution in [-0.2, 0) is 4.79 Å². The van der Waals surface area contributed by atoms with E-state index in [-0.39, 0.29) is 11.8 Å². The fraction of sp³-hybridized carbons (Fsp3) is 0.500. The van der Waals surface area contributed by atoms with Crippen molar-refractivity contribution in [1.82, 2.24) is 0 Å². The maximum Gasteiger partial charge on any atom is 0.135 e. The van der Waals surface area contributed by atoms with Gasteiger partial charge in [0.15, 0.2) is 0 Å². The fourth-order valence-electron chi connectivity index (χ4n) is 2.35. The number of ether oxygens (including phenoxy) is 1. The molecular weight excluding hydrogens is 214 g/mol. The molecule has 0 aliphatic carbocycles. The average Bonchev–Trinajstić information content (AvgIpc) is 2.28. The standard InChI is InChI=1S/C14H19NO2/c1-10(15)8-12(16)9-11-6-7-17-14-5-3-2-4-13(11)14/h2-5,10-11H,6-9,15H2,1H3. The number of nitrogens with two attached hydrogens (primary N) is 1. The number of rotatable bonds is 4. The van der Waals surface area contributed by atoms with E-state index in [1.807, 2.05) is 25.1 Å². The first-order chi connectivity index (χ1) is 8.16. The summed E-state index contributed by atoms with van der Waals surface area (Å²) >= 11 is 0. The Morgan fingerprint density at radius 1 is 1.53 bits per heavy atom. The molecule has 2 unspecified atom stereocenters. The molecule has 92 valence electrons. The van der Waals surface area contributed by atoms with Crippen molar-refractivity contribution in [1.29, 1.82) is 0 Å². The van der Waals surface area contributed by atoms with Crippen LogP contribution in [0.15, 0.2) is 24.3 Å². The topological polar surface area (TPSA) is 52.3 Å². The minimum Gasteiger partial charge on any atom is -0.493 e. The number of carbonyl (C=O) groups is 1. The number of ketones is 1. The van der Waals surface area contributed by atoms with Crippen LogP contribution in [0.4, 0.5) is 0 Å². The zero-order chi connectivity index (χ0) is 12.3. The van der Waals surface area contributed by atoms with Crippen LogP contribution in [-0.4, -0.2) is 18.4 Å². The van der Waals surface area contributed by atoms with Gasteiger partial charge in [-0.25, -0.2) is 0 Å². The summed E-state index contributed by atoms with van der Waals surface area (Å²) in [5.74, 6) is 1.48. The van der Waals surface area contributed by atoms with E-state index in [1.165, 1.54) is 0 Å². The van der Waals surface area contributed by atoms with Gasteiger partial charge < -0.3 is 10.5 Å². The van der Waals surface area contributed by atoms with Gasteiger partial charge in [0, 0.05) is 18.9 Å². The minimum absolute atomic E-state index is 0.0439. The molecule has 1 aliphatic rings. The highest BCUT2D eigenvalue weighted by molar-refractivity contribution is 5.80. The predicted molar refractivity (Wildman–Crippen MR) is 67.2 cm³/mol. The van der Waals surface area contributed by atoms with Gasteiger partial charge in [-0.2, -0.15) is 0 Å². The summed E-state index contributed by atoms with van der Waals surface area (Å²) in [7, 11) is 0.